The number of halogens is 1. The van der Waals surface area contributed by atoms with Crippen LogP contribution < -0.4 is 0 Å². The van der Waals surface area contributed by atoms with Gasteiger partial charge in [0.2, 0.25) is 0 Å². The van der Waals surface area contributed by atoms with Crippen molar-refractivity contribution in [2.45, 2.75) is 38.8 Å². The van der Waals surface area contributed by atoms with Crippen LogP contribution in [0.15, 0.2) is 30.3 Å². The first kappa shape index (κ1) is 18.2. The van der Waals surface area contributed by atoms with Gasteiger partial charge in [-0.1, -0.05) is 29.8 Å². The molecular weight excluding hydrogens is 328 g/mol. The standard InChI is InChI=1S/C18H21ClN2O3/c1-17(2,3)24-16(23)21(5)18(4,11-22)13-10-12-8-6-7-9-14(12)20-15(13)19/h6-11H,1-5H3. The van der Waals surface area contributed by atoms with Crippen molar-refractivity contribution in [3.8, 4) is 0 Å². The van der Waals surface area contributed by atoms with Crippen molar-refractivity contribution < 1.29 is 14.3 Å². The highest BCUT2D eigenvalue weighted by Crippen LogP contribution is 2.33. The number of hydrogen-bond donors (Lipinski definition) is 0. The average molecular weight is 349 g/mol. The lowest BCUT2D eigenvalue weighted by Crippen LogP contribution is -2.48. The second-order valence-corrected chi connectivity index (χ2v) is 7.18. The number of carbonyl (C=O) groups is 2. The van der Waals surface area contributed by atoms with Crippen molar-refractivity contribution in [1.82, 2.24) is 9.88 Å². The first-order valence-corrected chi connectivity index (χ1v) is 7.95. The molecule has 0 N–H and O–H groups in total. The molecule has 5 nitrogen and oxygen atoms in total. The van der Waals surface area contributed by atoms with Gasteiger partial charge < -0.3 is 9.53 Å². The van der Waals surface area contributed by atoms with Gasteiger partial charge in [-0.2, -0.15) is 0 Å². The molecule has 0 aliphatic heterocycles. The maximum Gasteiger partial charge on any atom is 0.411 e. The smallest absolute Gasteiger partial charge is 0.411 e. The molecule has 0 saturated heterocycles. The van der Waals surface area contributed by atoms with Crippen LogP contribution in [0.1, 0.15) is 33.3 Å². The molecule has 0 aliphatic rings. The molecule has 6 heteroatoms. The number of likely N-dealkylation sites (N-methyl/N-ethyl adjacent to an activating group) is 1. The zero-order valence-electron chi connectivity index (χ0n) is 14.5. The van der Waals surface area contributed by atoms with Gasteiger partial charge in [0.15, 0.2) is 0 Å². The summed E-state index contributed by atoms with van der Waals surface area (Å²) in [6.45, 7) is 6.91. The fourth-order valence-electron chi connectivity index (χ4n) is 2.29. The van der Waals surface area contributed by atoms with Gasteiger partial charge in [0.05, 0.1) is 5.52 Å². The fourth-order valence-corrected chi connectivity index (χ4v) is 2.63. The Morgan fingerprint density at radius 3 is 2.46 bits per heavy atom. The number of nitrogens with zero attached hydrogens (tertiary/aromatic N) is 2. The third-order valence-electron chi connectivity index (χ3n) is 3.82. The minimum absolute atomic E-state index is 0.179. The minimum Gasteiger partial charge on any atom is -0.444 e. The van der Waals surface area contributed by atoms with E-state index in [0.717, 1.165) is 10.9 Å². The van der Waals surface area contributed by atoms with Crippen molar-refractivity contribution in [3.05, 3.63) is 41.0 Å². The number of hydrogen-bond acceptors (Lipinski definition) is 4. The molecule has 1 heterocycles. The quantitative estimate of drug-likeness (QED) is 0.617. The summed E-state index contributed by atoms with van der Waals surface area (Å²) in [5.74, 6) is 0. The first-order valence-electron chi connectivity index (χ1n) is 7.57. The monoisotopic (exact) mass is 348 g/mol. The number of aldehydes is 1. The van der Waals surface area contributed by atoms with Crippen LogP contribution in [0.25, 0.3) is 10.9 Å². The third kappa shape index (κ3) is 3.51. The van der Waals surface area contributed by atoms with Gasteiger partial charge in [0.1, 0.15) is 22.6 Å². The number of fused-ring (bicyclic) bond motifs is 1. The average Bonchev–Trinajstić information content (AvgIpc) is 2.51. The zero-order chi connectivity index (χ0) is 18.1. The van der Waals surface area contributed by atoms with Crippen molar-refractivity contribution in [3.63, 3.8) is 0 Å². The SMILES string of the molecule is CN(C(=O)OC(C)(C)C)C(C)(C=O)c1cc2ccccc2nc1Cl. The summed E-state index contributed by atoms with van der Waals surface area (Å²) in [6, 6.07) is 9.22. The molecule has 2 rings (SSSR count). The summed E-state index contributed by atoms with van der Waals surface area (Å²) in [5, 5.41) is 1.02. The van der Waals surface area contributed by atoms with Gasteiger partial charge in [0.25, 0.3) is 0 Å². The highest BCUT2D eigenvalue weighted by atomic mass is 35.5. The van der Waals surface area contributed by atoms with E-state index in [1.165, 1.54) is 11.9 Å². The Labute approximate surface area is 146 Å². The molecular formula is C18H21ClN2O3. The van der Waals surface area contributed by atoms with Crippen LogP contribution in [0.5, 0.6) is 0 Å². The van der Waals surface area contributed by atoms with Gasteiger partial charge in [-0.25, -0.2) is 9.78 Å². The van der Waals surface area contributed by atoms with Gasteiger partial charge in [-0.3, -0.25) is 4.90 Å². The van der Waals surface area contributed by atoms with Crippen LogP contribution in [-0.4, -0.2) is 34.9 Å². The Morgan fingerprint density at radius 2 is 1.88 bits per heavy atom. The molecule has 0 fully saturated rings. The summed E-state index contributed by atoms with van der Waals surface area (Å²) in [4.78, 5) is 29.9. The van der Waals surface area contributed by atoms with Gasteiger partial charge >= 0.3 is 6.09 Å². The molecule has 24 heavy (non-hydrogen) atoms. The molecule has 2 aromatic rings. The number of amides is 1. The first-order chi connectivity index (χ1) is 11.1. The Kier molecular flexibility index (Phi) is 4.85. The Balaban J connectivity index is 2.51. The molecule has 128 valence electrons. The highest BCUT2D eigenvalue weighted by Gasteiger charge is 2.39. The third-order valence-corrected chi connectivity index (χ3v) is 4.10. The van der Waals surface area contributed by atoms with Crippen LogP contribution in [0, 0.1) is 0 Å². The highest BCUT2D eigenvalue weighted by molar-refractivity contribution is 6.31. The van der Waals surface area contributed by atoms with Crippen LogP contribution in [-0.2, 0) is 15.1 Å². The lowest BCUT2D eigenvalue weighted by atomic mass is 9.92. The van der Waals surface area contributed by atoms with Crippen LogP contribution in [0.3, 0.4) is 0 Å². The van der Waals surface area contributed by atoms with Gasteiger partial charge in [-0.15, -0.1) is 0 Å². The van der Waals surface area contributed by atoms with E-state index in [4.69, 9.17) is 16.3 Å². The van der Waals surface area contributed by atoms with Crippen molar-refractivity contribution in [2.75, 3.05) is 7.05 Å². The summed E-state index contributed by atoms with van der Waals surface area (Å²) >= 11 is 6.30. The lowest BCUT2D eigenvalue weighted by Gasteiger charge is -2.36. The van der Waals surface area contributed by atoms with E-state index < -0.39 is 17.2 Å². The maximum absolute atomic E-state index is 12.4. The molecule has 1 aromatic carbocycles. The Bertz CT molecular complexity index is 785. The summed E-state index contributed by atoms with van der Waals surface area (Å²) in [7, 11) is 1.51. The van der Waals surface area contributed by atoms with Crippen LogP contribution in [0.2, 0.25) is 5.15 Å². The molecule has 1 aromatic heterocycles. The van der Waals surface area contributed by atoms with Gasteiger partial charge in [0, 0.05) is 18.0 Å². The number of rotatable bonds is 3. The van der Waals surface area contributed by atoms with Crippen LogP contribution in [0.4, 0.5) is 4.79 Å². The molecule has 0 radical (unpaired) electrons. The number of para-hydroxylation sites is 1. The van der Waals surface area contributed by atoms with Crippen molar-refractivity contribution >= 4 is 34.9 Å². The van der Waals surface area contributed by atoms with Gasteiger partial charge in [-0.05, 0) is 39.8 Å². The van der Waals surface area contributed by atoms with E-state index in [0.29, 0.717) is 11.8 Å². The second-order valence-electron chi connectivity index (χ2n) is 6.82. The normalized spacial score (nSPS) is 14.1. The van der Waals surface area contributed by atoms with E-state index in [2.05, 4.69) is 4.98 Å². The number of ether oxygens (including phenoxy) is 1. The van der Waals surface area contributed by atoms with Crippen LogP contribution >= 0.6 is 11.6 Å². The van der Waals surface area contributed by atoms with E-state index >= 15 is 0 Å². The topological polar surface area (TPSA) is 59.5 Å². The number of aromatic nitrogens is 1. The Hall–Kier alpha value is -2.14. The second kappa shape index (κ2) is 6.40. The minimum atomic E-state index is -1.30. The molecule has 1 atom stereocenters. The van der Waals surface area contributed by atoms with E-state index in [1.54, 1.807) is 33.8 Å². The largest absolute Gasteiger partial charge is 0.444 e. The van der Waals surface area contributed by atoms with Crippen molar-refractivity contribution in [2.24, 2.45) is 0 Å². The summed E-state index contributed by atoms with van der Waals surface area (Å²) in [6.07, 6.45) is 0.0653. The Morgan fingerprint density at radius 1 is 1.25 bits per heavy atom. The number of benzene rings is 1. The predicted octanol–water partition coefficient (Wildman–Crippen LogP) is 4.17. The fraction of sp³-hybridized carbons (Fsp3) is 0.389. The molecule has 0 bridgehead atoms. The predicted molar refractivity (Wildman–Crippen MR) is 94.2 cm³/mol. The molecule has 0 aliphatic carbocycles. The van der Waals surface area contributed by atoms with E-state index in [9.17, 15) is 9.59 Å². The van der Waals surface area contributed by atoms with Crippen molar-refractivity contribution in [1.29, 1.82) is 0 Å². The molecule has 1 unspecified atom stereocenters. The summed E-state index contributed by atoms with van der Waals surface area (Å²) < 4.78 is 5.36. The zero-order valence-corrected chi connectivity index (χ0v) is 15.2. The van der Waals surface area contributed by atoms with E-state index in [-0.39, 0.29) is 5.15 Å². The number of carbonyl (C=O) groups excluding carboxylic acids is 2. The molecule has 0 spiro atoms. The molecule has 1 amide bonds. The van der Waals surface area contributed by atoms with E-state index in [1.807, 2.05) is 24.3 Å². The maximum atomic E-state index is 12.4. The summed E-state index contributed by atoms with van der Waals surface area (Å²) in [5.41, 5.74) is -0.789. The number of pyridine rings is 1. The lowest BCUT2D eigenvalue weighted by molar-refractivity contribution is -0.117. The molecule has 0 saturated carbocycles.